The molecule has 0 radical (unpaired) electrons. The summed E-state index contributed by atoms with van der Waals surface area (Å²) in [5.41, 5.74) is 2.46. The van der Waals surface area contributed by atoms with Crippen LogP contribution >= 0.6 is 0 Å². The Kier molecular flexibility index (Phi) is 4.02. The van der Waals surface area contributed by atoms with Crippen LogP contribution in [0.4, 0.5) is 5.69 Å². The van der Waals surface area contributed by atoms with Crippen molar-refractivity contribution >= 4 is 11.6 Å². The highest BCUT2D eigenvalue weighted by Crippen LogP contribution is 2.20. The maximum atomic E-state index is 11.1. The van der Waals surface area contributed by atoms with Gasteiger partial charge in [0.2, 0.25) is 5.91 Å². The van der Waals surface area contributed by atoms with Crippen LogP contribution in [0.1, 0.15) is 31.7 Å². The van der Waals surface area contributed by atoms with Crippen molar-refractivity contribution in [2.24, 2.45) is 0 Å². The third-order valence-corrected chi connectivity index (χ3v) is 3.22. The predicted molar refractivity (Wildman–Crippen MR) is 70.0 cm³/mol. The van der Waals surface area contributed by atoms with Crippen LogP contribution in [0.3, 0.4) is 0 Å². The van der Waals surface area contributed by atoms with Gasteiger partial charge in [0.15, 0.2) is 0 Å². The van der Waals surface area contributed by atoms with Gasteiger partial charge in [-0.05, 0) is 30.5 Å². The van der Waals surface area contributed by atoms with Gasteiger partial charge in [-0.25, -0.2) is 0 Å². The minimum absolute atomic E-state index is 0.105. The monoisotopic (exact) mass is 232 g/mol. The van der Waals surface area contributed by atoms with Gasteiger partial charge in [0.25, 0.3) is 0 Å². The maximum Gasteiger partial charge on any atom is 0.219 e. The van der Waals surface area contributed by atoms with E-state index in [4.69, 9.17) is 0 Å². The highest BCUT2D eigenvalue weighted by Gasteiger charge is 2.11. The highest BCUT2D eigenvalue weighted by molar-refractivity contribution is 5.75. The number of hydrogen-bond acceptors (Lipinski definition) is 2. The van der Waals surface area contributed by atoms with E-state index in [-0.39, 0.29) is 5.91 Å². The first kappa shape index (κ1) is 12.0. The lowest BCUT2D eigenvalue weighted by atomic mass is 10.2. The van der Waals surface area contributed by atoms with E-state index in [0.717, 1.165) is 5.56 Å². The average Bonchev–Trinajstić information content (AvgIpc) is 2.90. The van der Waals surface area contributed by atoms with Gasteiger partial charge in [-0.15, -0.1) is 0 Å². The number of benzene rings is 1. The molecular formula is C14H20N2O. The van der Waals surface area contributed by atoms with Gasteiger partial charge >= 0.3 is 0 Å². The van der Waals surface area contributed by atoms with E-state index in [1.54, 1.807) is 0 Å². The lowest BCUT2D eigenvalue weighted by molar-refractivity contribution is -0.120. The molecule has 1 heterocycles. The molecule has 0 bridgehead atoms. The molecule has 92 valence electrons. The molecule has 1 N–H and O–H groups in total. The largest absolute Gasteiger partial charge is 0.372 e. The molecule has 0 spiro atoms. The molecule has 3 heteroatoms. The summed E-state index contributed by atoms with van der Waals surface area (Å²) in [4.78, 5) is 13.6. The maximum absolute atomic E-state index is 11.1. The second kappa shape index (κ2) is 5.71. The second-order valence-corrected chi connectivity index (χ2v) is 4.49. The van der Waals surface area contributed by atoms with Crippen molar-refractivity contribution in [1.82, 2.24) is 5.32 Å². The molecule has 1 aromatic rings. The van der Waals surface area contributed by atoms with E-state index >= 15 is 0 Å². The van der Waals surface area contributed by atoms with Gasteiger partial charge in [-0.1, -0.05) is 19.1 Å². The molecule has 1 fully saturated rings. The van der Waals surface area contributed by atoms with E-state index in [1.165, 1.54) is 31.6 Å². The topological polar surface area (TPSA) is 32.3 Å². The third kappa shape index (κ3) is 3.22. The molecule has 3 nitrogen and oxygen atoms in total. The molecule has 0 saturated carbocycles. The average molecular weight is 232 g/mol. The number of carbonyl (C=O) groups excluding carboxylic acids is 1. The summed E-state index contributed by atoms with van der Waals surface area (Å²) in [6.07, 6.45) is 3.15. The number of rotatable bonds is 4. The molecule has 1 aliphatic heterocycles. The minimum atomic E-state index is 0.105. The molecule has 1 saturated heterocycles. The van der Waals surface area contributed by atoms with Gasteiger partial charge in [0, 0.05) is 31.7 Å². The van der Waals surface area contributed by atoms with Crippen LogP contribution in [0, 0.1) is 0 Å². The van der Waals surface area contributed by atoms with Crippen molar-refractivity contribution in [1.29, 1.82) is 0 Å². The van der Waals surface area contributed by atoms with E-state index < -0.39 is 0 Å². The standard InChI is InChI=1S/C14H20N2O/c1-2-14(17)15-11-12-5-7-13(8-6-12)16-9-3-4-10-16/h5-8H,2-4,9-11H2,1H3,(H,15,17). The highest BCUT2D eigenvalue weighted by atomic mass is 16.1. The summed E-state index contributed by atoms with van der Waals surface area (Å²) in [7, 11) is 0. The van der Waals surface area contributed by atoms with Crippen LogP contribution in [-0.2, 0) is 11.3 Å². The number of nitrogens with zero attached hydrogens (tertiary/aromatic N) is 1. The Morgan fingerprint density at radius 3 is 2.47 bits per heavy atom. The fraction of sp³-hybridized carbons (Fsp3) is 0.500. The van der Waals surface area contributed by atoms with Crippen molar-refractivity contribution in [2.75, 3.05) is 18.0 Å². The van der Waals surface area contributed by atoms with Gasteiger partial charge in [-0.2, -0.15) is 0 Å². The normalized spacial score (nSPS) is 15.0. The van der Waals surface area contributed by atoms with Crippen LogP contribution in [0.15, 0.2) is 24.3 Å². The molecule has 0 unspecified atom stereocenters. The molecule has 0 aromatic heterocycles. The zero-order valence-corrected chi connectivity index (χ0v) is 10.4. The second-order valence-electron chi connectivity index (χ2n) is 4.49. The summed E-state index contributed by atoms with van der Waals surface area (Å²) in [5, 5.41) is 2.89. The van der Waals surface area contributed by atoms with Crippen molar-refractivity contribution in [3.63, 3.8) is 0 Å². The number of amides is 1. The van der Waals surface area contributed by atoms with E-state index in [1.807, 2.05) is 6.92 Å². The van der Waals surface area contributed by atoms with Crippen LogP contribution in [-0.4, -0.2) is 19.0 Å². The lowest BCUT2D eigenvalue weighted by Gasteiger charge is -2.17. The molecule has 1 aliphatic rings. The molecular weight excluding hydrogens is 212 g/mol. The van der Waals surface area contributed by atoms with Crippen LogP contribution < -0.4 is 10.2 Å². The Balaban J connectivity index is 1.90. The fourth-order valence-electron chi connectivity index (χ4n) is 2.13. The van der Waals surface area contributed by atoms with E-state index in [2.05, 4.69) is 34.5 Å². The van der Waals surface area contributed by atoms with Crippen LogP contribution in [0.5, 0.6) is 0 Å². The minimum Gasteiger partial charge on any atom is -0.372 e. The zero-order valence-electron chi connectivity index (χ0n) is 10.4. The Morgan fingerprint density at radius 1 is 1.24 bits per heavy atom. The van der Waals surface area contributed by atoms with E-state index in [0.29, 0.717) is 13.0 Å². The molecule has 1 aromatic carbocycles. The third-order valence-electron chi connectivity index (χ3n) is 3.22. The van der Waals surface area contributed by atoms with Gasteiger partial charge in [-0.3, -0.25) is 4.79 Å². The first-order valence-electron chi connectivity index (χ1n) is 6.40. The quantitative estimate of drug-likeness (QED) is 0.864. The van der Waals surface area contributed by atoms with Gasteiger partial charge < -0.3 is 10.2 Å². The summed E-state index contributed by atoms with van der Waals surface area (Å²) in [6, 6.07) is 8.50. The molecule has 17 heavy (non-hydrogen) atoms. The summed E-state index contributed by atoms with van der Waals surface area (Å²) in [6.45, 7) is 4.84. The molecule has 2 rings (SSSR count). The summed E-state index contributed by atoms with van der Waals surface area (Å²) < 4.78 is 0. The number of carbonyl (C=O) groups is 1. The molecule has 0 aliphatic carbocycles. The van der Waals surface area contributed by atoms with Crippen molar-refractivity contribution in [3.05, 3.63) is 29.8 Å². The zero-order chi connectivity index (χ0) is 12.1. The Bertz CT molecular complexity index is 366. The van der Waals surface area contributed by atoms with Crippen molar-refractivity contribution < 1.29 is 4.79 Å². The first-order chi connectivity index (χ1) is 8.29. The SMILES string of the molecule is CCC(=O)NCc1ccc(N2CCCC2)cc1. The van der Waals surface area contributed by atoms with Crippen molar-refractivity contribution in [2.45, 2.75) is 32.7 Å². The van der Waals surface area contributed by atoms with Crippen LogP contribution in [0.2, 0.25) is 0 Å². The van der Waals surface area contributed by atoms with Gasteiger partial charge in [0.1, 0.15) is 0 Å². The number of anilines is 1. The van der Waals surface area contributed by atoms with E-state index in [9.17, 15) is 4.79 Å². The fourth-order valence-corrected chi connectivity index (χ4v) is 2.13. The van der Waals surface area contributed by atoms with Gasteiger partial charge in [0.05, 0.1) is 0 Å². The smallest absolute Gasteiger partial charge is 0.219 e. The predicted octanol–water partition coefficient (Wildman–Crippen LogP) is 2.31. The summed E-state index contributed by atoms with van der Waals surface area (Å²) in [5.74, 6) is 0.105. The van der Waals surface area contributed by atoms with Crippen LogP contribution in [0.25, 0.3) is 0 Å². The molecule has 1 amide bonds. The number of hydrogen-bond donors (Lipinski definition) is 1. The first-order valence-corrected chi connectivity index (χ1v) is 6.40. The Morgan fingerprint density at radius 2 is 1.88 bits per heavy atom. The number of nitrogens with one attached hydrogen (secondary N) is 1. The Labute approximate surface area is 103 Å². The summed E-state index contributed by atoms with van der Waals surface area (Å²) >= 11 is 0. The Hall–Kier alpha value is -1.51. The van der Waals surface area contributed by atoms with Crippen molar-refractivity contribution in [3.8, 4) is 0 Å². The lowest BCUT2D eigenvalue weighted by Crippen LogP contribution is -2.21. The molecule has 0 atom stereocenters.